The average Bonchev–Trinajstić information content (AvgIpc) is 1.97. The molecule has 0 aliphatic rings. The maximum atomic E-state index is 5.61. The van der Waals surface area contributed by atoms with Crippen LogP contribution in [0.15, 0.2) is 0 Å². The Morgan fingerprint density at radius 1 is 1.18 bits per heavy atom. The summed E-state index contributed by atoms with van der Waals surface area (Å²) < 4.78 is 11.1. The van der Waals surface area contributed by atoms with Gasteiger partial charge >= 0.3 is 9.28 Å². The molecule has 0 saturated heterocycles. The van der Waals surface area contributed by atoms with Gasteiger partial charge in [0.1, 0.15) is 0 Å². The first-order valence-corrected chi connectivity index (χ1v) is 6.19. The van der Waals surface area contributed by atoms with E-state index in [1.54, 1.807) is 0 Å². The Morgan fingerprint density at radius 2 is 1.82 bits per heavy atom. The third kappa shape index (κ3) is 6.53. The van der Waals surface area contributed by atoms with Crippen LogP contribution < -0.4 is 0 Å². The summed E-state index contributed by atoms with van der Waals surface area (Å²) >= 11 is 0. The van der Waals surface area contributed by atoms with Crippen LogP contribution in [0.5, 0.6) is 0 Å². The van der Waals surface area contributed by atoms with Crippen LogP contribution in [-0.2, 0) is 8.85 Å². The van der Waals surface area contributed by atoms with Crippen LogP contribution >= 0.6 is 0 Å². The molecule has 0 spiro atoms. The Morgan fingerprint density at radius 3 is 2.18 bits per heavy atom. The fourth-order valence-corrected chi connectivity index (χ4v) is 2.31. The molecule has 0 aliphatic heterocycles. The molecule has 0 aliphatic carbocycles. The highest BCUT2D eigenvalue weighted by molar-refractivity contribution is 6.44. The van der Waals surface area contributed by atoms with Gasteiger partial charge in [-0.2, -0.15) is 0 Å². The zero-order valence-corrected chi connectivity index (χ0v) is 9.25. The van der Waals surface area contributed by atoms with Crippen molar-refractivity contribution in [3.05, 3.63) is 0 Å². The average molecular weight is 176 g/mol. The van der Waals surface area contributed by atoms with Crippen molar-refractivity contribution in [2.75, 3.05) is 13.2 Å². The smallest absolute Gasteiger partial charge is 0.321 e. The first-order chi connectivity index (χ1) is 5.20. The molecule has 0 radical (unpaired) electrons. The summed E-state index contributed by atoms with van der Waals surface area (Å²) in [6.45, 7) is 10.1. The molecule has 0 aromatic carbocycles. The van der Waals surface area contributed by atoms with Crippen molar-refractivity contribution in [2.24, 2.45) is 5.92 Å². The van der Waals surface area contributed by atoms with Crippen molar-refractivity contribution in [3.63, 3.8) is 0 Å². The molecule has 11 heavy (non-hydrogen) atoms. The third-order valence-electron chi connectivity index (χ3n) is 1.30. The molecular formula is C8H20O2Si. The van der Waals surface area contributed by atoms with E-state index in [9.17, 15) is 0 Å². The van der Waals surface area contributed by atoms with Crippen molar-refractivity contribution < 1.29 is 8.85 Å². The number of hydrogen-bond acceptors (Lipinski definition) is 2. The standard InChI is InChI=1S/C8H20O2Si/c1-5-9-11(6-2)10-7-8(3)4/h8,11H,5-7H2,1-4H3. The minimum atomic E-state index is -1.27. The fraction of sp³-hybridized carbons (Fsp3) is 1.00. The Kier molecular flexibility index (Phi) is 6.91. The summed E-state index contributed by atoms with van der Waals surface area (Å²) in [7, 11) is -1.27. The molecular weight excluding hydrogens is 156 g/mol. The van der Waals surface area contributed by atoms with Crippen molar-refractivity contribution in [3.8, 4) is 0 Å². The van der Waals surface area contributed by atoms with Crippen LogP contribution in [0.2, 0.25) is 6.04 Å². The van der Waals surface area contributed by atoms with Crippen molar-refractivity contribution >= 4 is 9.28 Å². The molecule has 0 heterocycles. The number of rotatable bonds is 6. The molecule has 0 bridgehead atoms. The van der Waals surface area contributed by atoms with Gasteiger partial charge in [0, 0.05) is 13.2 Å². The van der Waals surface area contributed by atoms with Gasteiger partial charge in [-0.15, -0.1) is 0 Å². The second-order valence-electron chi connectivity index (χ2n) is 3.02. The lowest BCUT2D eigenvalue weighted by Gasteiger charge is -2.15. The fourth-order valence-electron chi connectivity index (χ4n) is 0.769. The maximum Gasteiger partial charge on any atom is 0.321 e. The molecule has 0 fully saturated rings. The minimum Gasteiger partial charge on any atom is -0.397 e. The highest BCUT2D eigenvalue weighted by atomic mass is 28.3. The summed E-state index contributed by atoms with van der Waals surface area (Å²) in [5.74, 6) is 0.622. The Bertz CT molecular complexity index is 86.2. The zero-order valence-electron chi connectivity index (χ0n) is 8.09. The van der Waals surface area contributed by atoms with Crippen LogP contribution in [0.1, 0.15) is 27.7 Å². The summed E-state index contributed by atoms with van der Waals surface area (Å²) in [4.78, 5) is 0. The minimum absolute atomic E-state index is 0.622. The third-order valence-corrected chi connectivity index (χ3v) is 3.24. The van der Waals surface area contributed by atoms with Crippen LogP contribution in [0.25, 0.3) is 0 Å². The maximum absolute atomic E-state index is 5.61. The van der Waals surface area contributed by atoms with Gasteiger partial charge in [0.2, 0.25) is 0 Å². The van der Waals surface area contributed by atoms with E-state index >= 15 is 0 Å². The van der Waals surface area contributed by atoms with Gasteiger partial charge in [-0.1, -0.05) is 20.8 Å². The van der Waals surface area contributed by atoms with Crippen molar-refractivity contribution in [1.29, 1.82) is 0 Å². The van der Waals surface area contributed by atoms with E-state index in [2.05, 4.69) is 20.8 Å². The van der Waals surface area contributed by atoms with Crippen molar-refractivity contribution in [2.45, 2.75) is 33.7 Å². The molecule has 68 valence electrons. The molecule has 1 unspecified atom stereocenters. The molecule has 0 aromatic heterocycles. The quantitative estimate of drug-likeness (QED) is 0.576. The van der Waals surface area contributed by atoms with Crippen LogP contribution in [0.3, 0.4) is 0 Å². The lowest BCUT2D eigenvalue weighted by molar-refractivity contribution is 0.185. The van der Waals surface area contributed by atoms with Crippen LogP contribution in [-0.4, -0.2) is 22.5 Å². The Balaban J connectivity index is 3.35. The van der Waals surface area contributed by atoms with E-state index < -0.39 is 9.28 Å². The van der Waals surface area contributed by atoms with E-state index in [-0.39, 0.29) is 0 Å². The molecule has 2 nitrogen and oxygen atoms in total. The summed E-state index contributed by atoms with van der Waals surface area (Å²) in [6, 6.07) is 1.07. The molecule has 0 aromatic rings. The zero-order chi connectivity index (χ0) is 8.69. The largest absolute Gasteiger partial charge is 0.397 e. The van der Waals surface area contributed by atoms with Crippen LogP contribution in [0.4, 0.5) is 0 Å². The SMILES string of the molecule is CCO[SiH](CC)OCC(C)C. The molecule has 3 heteroatoms. The van der Waals surface area contributed by atoms with E-state index in [0.29, 0.717) is 5.92 Å². The predicted molar refractivity (Wildman–Crippen MR) is 50.0 cm³/mol. The highest BCUT2D eigenvalue weighted by Gasteiger charge is 2.09. The second-order valence-corrected chi connectivity index (χ2v) is 5.36. The molecule has 1 atom stereocenters. The normalized spacial score (nSPS) is 13.9. The van der Waals surface area contributed by atoms with Crippen LogP contribution in [0, 0.1) is 5.92 Å². The Hall–Kier alpha value is 0.137. The summed E-state index contributed by atoms with van der Waals surface area (Å²) in [5.41, 5.74) is 0. The molecule has 0 saturated carbocycles. The first-order valence-electron chi connectivity index (χ1n) is 4.43. The topological polar surface area (TPSA) is 18.5 Å². The van der Waals surface area contributed by atoms with Gasteiger partial charge in [-0.05, 0) is 18.9 Å². The van der Waals surface area contributed by atoms with Gasteiger partial charge in [-0.25, -0.2) is 0 Å². The van der Waals surface area contributed by atoms with Gasteiger partial charge in [0.15, 0.2) is 0 Å². The summed E-state index contributed by atoms with van der Waals surface area (Å²) in [6.07, 6.45) is 0. The van der Waals surface area contributed by atoms with E-state index in [1.807, 2.05) is 6.92 Å². The van der Waals surface area contributed by atoms with E-state index in [0.717, 1.165) is 19.3 Å². The molecule has 0 N–H and O–H groups in total. The van der Waals surface area contributed by atoms with Crippen molar-refractivity contribution in [1.82, 2.24) is 0 Å². The predicted octanol–water partition coefficient (Wildman–Crippen LogP) is 1.94. The van der Waals surface area contributed by atoms with E-state index in [1.165, 1.54) is 0 Å². The first kappa shape index (κ1) is 11.1. The van der Waals surface area contributed by atoms with Gasteiger partial charge in [-0.3, -0.25) is 0 Å². The van der Waals surface area contributed by atoms with E-state index in [4.69, 9.17) is 8.85 Å². The molecule has 0 rings (SSSR count). The second kappa shape index (κ2) is 6.82. The molecule has 0 amide bonds. The highest BCUT2D eigenvalue weighted by Crippen LogP contribution is 2.00. The Labute approximate surface area is 71.7 Å². The monoisotopic (exact) mass is 176 g/mol. The number of hydrogen-bond donors (Lipinski definition) is 0. The van der Waals surface area contributed by atoms with Gasteiger partial charge in [0.25, 0.3) is 0 Å². The van der Waals surface area contributed by atoms with Gasteiger partial charge < -0.3 is 8.85 Å². The lowest BCUT2D eigenvalue weighted by Crippen LogP contribution is -2.23. The summed E-state index contributed by atoms with van der Waals surface area (Å²) in [5, 5.41) is 0. The van der Waals surface area contributed by atoms with Gasteiger partial charge in [0.05, 0.1) is 0 Å². The lowest BCUT2D eigenvalue weighted by atomic mass is 10.2.